The molecule has 2 aromatic carbocycles. The number of hydrogen-bond donors (Lipinski definition) is 2. The number of carbonyl (C=O) groups excluding carboxylic acids is 2. The van der Waals surface area contributed by atoms with Crippen molar-refractivity contribution in [1.29, 1.82) is 0 Å². The third-order valence-electron chi connectivity index (χ3n) is 3.92. The molecule has 0 aliphatic carbocycles. The van der Waals surface area contributed by atoms with Crippen LogP contribution in [-0.4, -0.2) is 37.6 Å². The lowest BCUT2D eigenvalue weighted by atomic mass is 10.1. The van der Waals surface area contributed by atoms with Crippen molar-refractivity contribution in [2.45, 2.75) is 25.8 Å². The molecule has 6 nitrogen and oxygen atoms in total. The van der Waals surface area contributed by atoms with E-state index in [1.807, 2.05) is 6.92 Å². The smallest absolute Gasteiger partial charge is 0.258 e. The number of halogens is 2. The van der Waals surface area contributed by atoms with E-state index in [9.17, 15) is 18.4 Å². The maximum atomic E-state index is 12.9. The maximum absolute atomic E-state index is 12.9. The predicted molar refractivity (Wildman–Crippen MR) is 104 cm³/mol. The Hall–Kier alpha value is -3.16. The Morgan fingerprint density at radius 3 is 1.83 bits per heavy atom. The van der Waals surface area contributed by atoms with E-state index in [4.69, 9.17) is 9.47 Å². The summed E-state index contributed by atoms with van der Waals surface area (Å²) >= 11 is 0. The fourth-order valence-electron chi connectivity index (χ4n) is 2.49. The highest BCUT2D eigenvalue weighted by Crippen LogP contribution is 2.11. The zero-order chi connectivity index (χ0) is 21.1. The topological polar surface area (TPSA) is 76.7 Å². The highest BCUT2D eigenvalue weighted by Gasteiger charge is 2.14. The third-order valence-corrected chi connectivity index (χ3v) is 3.92. The largest absolute Gasteiger partial charge is 0.484 e. The monoisotopic (exact) mass is 406 g/mol. The zero-order valence-corrected chi connectivity index (χ0v) is 16.1. The van der Waals surface area contributed by atoms with Crippen molar-refractivity contribution in [3.8, 4) is 11.5 Å². The number of rotatable bonds is 11. The van der Waals surface area contributed by atoms with Crippen LogP contribution >= 0.6 is 0 Å². The maximum Gasteiger partial charge on any atom is 0.258 e. The highest BCUT2D eigenvalue weighted by atomic mass is 19.1. The molecule has 156 valence electrons. The van der Waals surface area contributed by atoms with Gasteiger partial charge in [0.25, 0.3) is 11.8 Å². The second kappa shape index (κ2) is 11.6. The van der Waals surface area contributed by atoms with Crippen molar-refractivity contribution in [2.24, 2.45) is 0 Å². The number of carbonyl (C=O) groups is 2. The Balaban J connectivity index is 1.71. The molecule has 0 aromatic heterocycles. The molecular weight excluding hydrogens is 382 g/mol. The summed E-state index contributed by atoms with van der Waals surface area (Å²) in [4.78, 5) is 24.0. The minimum absolute atomic E-state index is 0.215. The molecule has 0 aliphatic heterocycles. The molecule has 0 fully saturated rings. The Morgan fingerprint density at radius 2 is 1.34 bits per heavy atom. The first kappa shape index (κ1) is 22.1. The molecule has 0 aliphatic rings. The van der Waals surface area contributed by atoms with Crippen LogP contribution in [0.25, 0.3) is 0 Å². The Morgan fingerprint density at radius 1 is 0.862 bits per heavy atom. The Labute approximate surface area is 168 Å². The first-order valence-electron chi connectivity index (χ1n) is 9.29. The molecule has 8 heteroatoms. The van der Waals surface area contributed by atoms with Gasteiger partial charge in [0, 0.05) is 12.6 Å². The summed E-state index contributed by atoms with van der Waals surface area (Å²) < 4.78 is 36.3. The number of hydrogen-bond acceptors (Lipinski definition) is 4. The summed E-state index contributed by atoms with van der Waals surface area (Å²) in [5.74, 6) is -0.693. The van der Waals surface area contributed by atoms with Crippen LogP contribution in [0.3, 0.4) is 0 Å². The molecule has 2 N–H and O–H groups in total. The van der Waals surface area contributed by atoms with Crippen LogP contribution in [0.1, 0.15) is 19.8 Å². The van der Waals surface area contributed by atoms with Crippen molar-refractivity contribution in [3.63, 3.8) is 0 Å². The lowest BCUT2D eigenvalue weighted by Gasteiger charge is -2.19. The number of amides is 2. The molecule has 0 bridgehead atoms. The van der Waals surface area contributed by atoms with Crippen LogP contribution in [0.4, 0.5) is 8.78 Å². The van der Waals surface area contributed by atoms with Crippen molar-refractivity contribution in [2.75, 3.05) is 19.8 Å². The first-order chi connectivity index (χ1) is 14.0. The molecule has 2 aromatic rings. The van der Waals surface area contributed by atoms with Gasteiger partial charge in [-0.05, 0) is 55.0 Å². The highest BCUT2D eigenvalue weighted by molar-refractivity contribution is 5.79. The average Bonchev–Trinajstić information content (AvgIpc) is 2.71. The van der Waals surface area contributed by atoms with E-state index in [0.717, 1.165) is 6.42 Å². The summed E-state index contributed by atoms with van der Waals surface area (Å²) in [6.07, 6.45) is 1.48. The van der Waals surface area contributed by atoms with Crippen LogP contribution in [0, 0.1) is 11.6 Å². The van der Waals surface area contributed by atoms with Gasteiger partial charge in [-0.2, -0.15) is 0 Å². The molecule has 1 atom stereocenters. The SMILES string of the molecule is CCCC(CNC(=O)COc1ccc(F)cc1)NC(=O)COc1ccc(F)cc1. The van der Waals surface area contributed by atoms with E-state index in [0.29, 0.717) is 17.9 Å². The molecule has 29 heavy (non-hydrogen) atoms. The second-order valence-corrected chi connectivity index (χ2v) is 6.34. The normalized spacial score (nSPS) is 11.4. The summed E-state index contributed by atoms with van der Waals surface area (Å²) in [6.45, 7) is 1.77. The lowest BCUT2D eigenvalue weighted by molar-refractivity contribution is -0.125. The average molecular weight is 406 g/mol. The van der Waals surface area contributed by atoms with Gasteiger partial charge in [-0.15, -0.1) is 0 Å². The molecule has 0 saturated heterocycles. The summed E-state index contributed by atoms with van der Waals surface area (Å²) in [6, 6.07) is 10.5. The van der Waals surface area contributed by atoms with Gasteiger partial charge in [0.2, 0.25) is 0 Å². The lowest BCUT2D eigenvalue weighted by Crippen LogP contribution is -2.46. The van der Waals surface area contributed by atoms with Crippen molar-refractivity contribution < 1.29 is 27.8 Å². The zero-order valence-electron chi connectivity index (χ0n) is 16.1. The van der Waals surface area contributed by atoms with Crippen molar-refractivity contribution >= 4 is 11.8 Å². The summed E-state index contributed by atoms with van der Waals surface area (Å²) in [5.41, 5.74) is 0. The van der Waals surface area contributed by atoms with Crippen LogP contribution in [-0.2, 0) is 9.59 Å². The molecule has 0 heterocycles. The summed E-state index contributed by atoms with van der Waals surface area (Å²) in [5, 5.41) is 5.50. The Bertz CT molecular complexity index is 782. The fourth-order valence-corrected chi connectivity index (χ4v) is 2.49. The molecule has 0 saturated carbocycles. The van der Waals surface area contributed by atoms with Gasteiger partial charge in [-0.25, -0.2) is 8.78 Å². The standard InChI is InChI=1S/C21H24F2N2O4/c1-2-3-17(25-21(27)14-29-19-10-6-16(23)7-11-19)12-24-20(26)13-28-18-8-4-15(22)5-9-18/h4-11,17H,2-3,12-14H2,1H3,(H,24,26)(H,25,27). The van der Waals surface area contributed by atoms with Crippen LogP contribution in [0.2, 0.25) is 0 Å². The number of benzene rings is 2. The summed E-state index contributed by atoms with van der Waals surface area (Å²) in [7, 11) is 0. The Kier molecular flexibility index (Phi) is 8.88. The van der Waals surface area contributed by atoms with Gasteiger partial charge in [0.15, 0.2) is 13.2 Å². The minimum Gasteiger partial charge on any atom is -0.484 e. The van der Waals surface area contributed by atoms with E-state index >= 15 is 0 Å². The van der Waals surface area contributed by atoms with Gasteiger partial charge < -0.3 is 20.1 Å². The van der Waals surface area contributed by atoms with Gasteiger partial charge in [0.1, 0.15) is 23.1 Å². The first-order valence-corrected chi connectivity index (χ1v) is 9.29. The molecule has 2 rings (SSSR count). The second-order valence-electron chi connectivity index (χ2n) is 6.34. The molecule has 2 amide bonds. The molecule has 0 radical (unpaired) electrons. The van der Waals surface area contributed by atoms with Crippen LogP contribution in [0.5, 0.6) is 11.5 Å². The number of nitrogens with one attached hydrogen (secondary N) is 2. The van der Waals surface area contributed by atoms with Crippen LogP contribution in [0.15, 0.2) is 48.5 Å². The quantitative estimate of drug-likeness (QED) is 0.602. The fraction of sp³-hybridized carbons (Fsp3) is 0.333. The van der Waals surface area contributed by atoms with Crippen molar-refractivity contribution in [1.82, 2.24) is 10.6 Å². The molecular formula is C21H24F2N2O4. The van der Waals surface area contributed by atoms with Gasteiger partial charge in [0.05, 0.1) is 0 Å². The minimum atomic E-state index is -0.386. The number of ether oxygens (including phenoxy) is 2. The third kappa shape index (κ3) is 8.59. The van der Waals surface area contributed by atoms with E-state index in [1.54, 1.807) is 0 Å². The van der Waals surface area contributed by atoms with Gasteiger partial charge in [-0.3, -0.25) is 9.59 Å². The molecule has 1 unspecified atom stereocenters. The molecule has 0 spiro atoms. The van der Waals surface area contributed by atoms with E-state index in [-0.39, 0.29) is 49.2 Å². The van der Waals surface area contributed by atoms with Gasteiger partial charge in [-0.1, -0.05) is 13.3 Å². The van der Waals surface area contributed by atoms with Crippen molar-refractivity contribution in [3.05, 3.63) is 60.2 Å². The van der Waals surface area contributed by atoms with Gasteiger partial charge >= 0.3 is 0 Å². The van der Waals surface area contributed by atoms with E-state index in [1.165, 1.54) is 48.5 Å². The predicted octanol–water partition coefficient (Wildman–Crippen LogP) is 2.82. The van der Waals surface area contributed by atoms with Crippen LogP contribution < -0.4 is 20.1 Å². The van der Waals surface area contributed by atoms with E-state index < -0.39 is 0 Å². The van der Waals surface area contributed by atoms with E-state index in [2.05, 4.69) is 10.6 Å².